The molecule has 4 aliphatic rings. The maximum absolute atomic E-state index is 13.8. The van der Waals surface area contributed by atoms with Crippen molar-refractivity contribution in [1.82, 2.24) is 25.1 Å². The van der Waals surface area contributed by atoms with Crippen LogP contribution in [0.1, 0.15) is 97.5 Å². The first kappa shape index (κ1) is 66.0. The van der Waals surface area contributed by atoms with Crippen LogP contribution in [-0.4, -0.2) is 202 Å². The van der Waals surface area contributed by atoms with E-state index in [4.69, 9.17) is 54.3 Å². The van der Waals surface area contributed by atoms with Gasteiger partial charge in [0.1, 0.15) is 54.4 Å². The summed E-state index contributed by atoms with van der Waals surface area (Å²) in [6.45, 7) is 7.04. The molecule has 82 heavy (non-hydrogen) atoms. The molecule has 26 heteroatoms. The predicted octanol–water partition coefficient (Wildman–Crippen LogP) is 5.17. The van der Waals surface area contributed by atoms with E-state index in [1.54, 1.807) is 50.4 Å². The van der Waals surface area contributed by atoms with E-state index < -0.39 is 96.6 Å². The van der Waals surface area contributed by atoms with Gasteiger partial charge in [0, 0.05) is 73.6 Å². The molecular formula is C56H79ClN6O19. The molecule has 1 aromatic rings. The lowest BCUT2D eigenvalue weighted by atomic mass is 9.89. The van der Waals surface area contributed by atoms with Crippen molar-refractivity contribution in [2.75, 3.05) is 80.2 Å². The minimum absolute atomic E-state index is 0.0110. The number of esters is 1. The summed E-state index contributed by atoms with van der Waals surface area (Å²) in [7, 11) is 8.83. The molecule has 25 nitrogen and oxygen atoms in total. The van der Waals surface area contributed by atoms with E-state index in [9.17, 15) is 48.3 Å². The number of hydroxylamine groups is 2. The Morgan fingerprint density at radius 1 is 0.963 bits per heavy atom. The van der Waals surface area contributed by atoms with Gasteiger partial charge in [0.05, 0.1) is 44.5 Å². The molecule has 3 aliphatic heterocycles. The summed E-state index contributed by atoms with van der Waals surface area (Å²) in [5, 5.41) is 14.6. The van der Waals surface area contributed by atoms with Crippen molar-refractivity contribution in [1.29, 1.82) is 0 Å². The summed E-state index contributed by atoms with van der Waals surface area (Å²) in [6, 6.07) is 2.45. The van der Waals surface area contributed by atoms with E-state index in [2.05, 4.69) is 5.32 Å². The van der Waals surface area contributed by atoms with Gasteiger partial charge in [-0.05, 0) is 76.1 Å². The minimum atomic E-state index is -1.73. The summed E-state index contributed by atoms with van der Waals surface area (Å²) >= 11 is 6.75. The molecule has 0 bridgehead atoms. The van der Waals surface area contributed by atoms with Crippen LogP contribution in [0, 0.1) is 5.92 Å². The topological polar surface area (TPSA) is 288 Å². The maximum atomic E-state index is 13.8. The van der Waals surface area contributed by atoms with Crippen molar-refractivity contribution in [2.24, 2.45) is 5.92 Å². The van der Waals surface area contributed by atoms with Gasteiger partial charge in [0.25, 0.3) is 11.8 Å². The number of epoxide rings is 1. The van der Waals surface area contributed by atoms with Crippen molar-refractivity contribution >= 4 is 71.1 Å². The molecule has 0 aromatic heterocycles. The number of ether oxygens (including phenoxy) is 8. The Balaban J connectivity index is 1.02. The number of aliphatic hydroxyl groups is 1. The van der Waals surface area contributed by atoms with Crippen LogP contribution >= 0.6 is 11.6 Å². The van der Waals surface area contributed by atoms with Crippen molar-refractivity contribution < 1.29 is 91.0 Å². The SMILES string of the molecule is CC[C@H](CC(=O)N(C)c1cc(C/C(C)=C/C=C/[C@@H](OC)[C@@]2(O)C[C@@H]([C@@H](C)[C@H]3CO3)OC(=O)N2)cc(OC)c1Cl)OC(=O)[C@H](C)N(C)C(=O)CCOC(=O)N(C)CCN(C)C(=O)OC1/C=C/CC(OCC(=O)ON2C(=O)CCC2=O)CCC1. The lowest BCUT2D eigenvalue weighted by Gasteiger charge is -2.41. The van der Waals surface area contributed by atoms with Gasteiger partial charge in [-0.2, -0.15) is 0 Å². The van der Waals surface area contributed by atoms with E-state index in [1.807, 2.05) is 19.9 Å². The van der Waals surface area contributed by atoms with Gasteiger partial charge >= 0.3 is 30.2 Å². The summed E-state index contributed by atoms with van der Waals surface area (Å²) in [6.07, 6.45) is 5.70. The molecule has 9 atom stereocenters. The number of carbonyl (C=O) groups is 9. The number of likely N-dealkylation sites (N-methyl/N-ethyl adjacent to an activating group) is 3. The standard InChI is InChI=1S/C56H79ClN6O19/c1-11-38(30-49(67)62(8)41-28-37(29-42(74-9)51(41)57)27-34(2)15-12-20-45(75-10)56(73)31-43(81-53(70)58-56)35(3)44-32-78-44)79-52(69)36(4)61(7)46(64)23-26-76-54(71)59(5)24-25-60(6)55(72)80-40-18-13-16-39(17-14-19-40)77-33-50(68)82-63-47(65)21-22-48(63)66/h12-13,15,18,20,28-29,35-36,38-40,43-45,73H,11,14,16-17,19,21-27,30-33H2,1-10H3,(H,58,70)/b18-13+,20-12+,34-15+/t35-,36+,38-,39?,40?,43+,44-,45-,56+/m1/s1. The van der Waals surface area contributed by atoms with Crippen LogP contribution in [0.3, 0.4) is 0 Å². The van der Waals surface area contributed by atoms with Gasteiger partial charge in [0.15, 0.2) is 5.72 Å². The van der Waals surface area contributed by atoms with E-state index in [-0.39, 0.29) is 81.4 Å². The van der Waals surface area contributed by atoms with Crippen molar-refractivity contribution in [3.8, 4) is 5.75 Å². The third-order valence-electron chi connectivity index (χ3n) is 14.6. The van der Waals surface area contributed by atoms with Crippen LogP contribution in [0.4, 0.5) is 20.1 Å². The van der Waals surface area contributed by atoms with Gasteiger partial charge in [-0.3, -0.25) is 24.5 Å². The number of imide groups is 1. The first-order chi connectivity index (χ1) is 38.9. The summed E-state index contributed by atoms with van der Waals surface area (Å²) in [4.78, 5) is 124. The second-order valence-electron chi connectivity index (χ2n) is 20.8. The van der Waals surface area contributed by atoms with Gasteiger partial charge < -0.3 is 67.4 Å². The minimum Gasteiger partial charge on any atom is -0.495 e. The monoisotopic (exact) mass is 1170 g/mol. The second kappa shape index (κ2) is 31.0. The average Bonchev–Trinajstić information content (AvgIpc) is 4.35. The Morgan fingerprint density at radius 3 is 2.29 bits per heavy atom. The van der Waals surface area contributed by atoms with E-state index >= 15 is 0 Å². The molecular weight excluding hydrogens is 1100 g/mol. The Kier molecular flexibility index (Phi) is 25.0. The number of rotatable bonds is 27. The number of halogens is 1. The van der Waals surface area contributed by atoms with Crippen LogP contribution in [0.5, 0.6) is 5.75 Å². The van der Waals surface area contributed by atoms with Crippen LogP contribution in [-0.2, 0) is 73.2 Å². The number of hydrogen-bond acceptors (Lipinski definition) is 19. The lowest BCUT2D eigenvalue weighted by molar-refractivity contribution is -0.201. The first-order valence-electron chi connectivity index (χ1n) is 27.3. The Bertz CT molecular complexity index is 2540. The Morgan fingerprint density at radius 2 is 1.65 bits per heavy atom. The molecule has 5 rings (SSSR count). The maximum Gasteiger partial charge on any atom is 0.410 e. The molecule has 1 aliphatic carbocycles. The fourth-order valence-electron chi connectivity index (χ4n) is 9.04. The molecule has 2 unspecified atom stereocenters. The number of nitrogens with zero attached hydrogens (tertiary/aromatic N) is 5. The number of allylic oxidation sites excluding steroid dienone is 3. The molecule has 1 aromatic carbocycles. The third-order valence-corrected chi connectivity index (χ3v) is 15.0. The molecule has 0 saturated carbocycles. The number of benzene rings is 1. The zero-order valence-corrected chi connectivity index (χ0v) is 49.1. The summed E-state index contributed by atoms with van der Waals surface area (Å²) in [5.74, 6) is -3.47. The number of carbonyl (C=O) groups excluding carboxylic acids is 9. The van der Waals surface area contributed by atoms with E-state index in [0.29, 0.717) is 55.2 Å². The van der Waals surface area contributed by atoms with Crippen LogP contribution in [0.2, 0.25) is 5.02 Å². The fraction of sp³-hybridized carbons (Fsp3) is 0.625. The number of hydrogen-bond donors (Lipinski definition) is 2. The van der Waals surface area contributed by atoms with Crippen molar-refractivity contribution in [2.45, 2.75) is 147 Å². The van der Waals surface area contributed by atoms with Crippen molar-refractivity contribution in [3.05, 3.63) is 58.7 Å². The molecule has 3 saturated heterocycles. The van der Waals surface area contributed by atoms with Gasteiger partial charge in [0.2, 0.25) is 11.8 Å². The fourth-order valence-corrected chi connectivity index (χ4v) is 9.35. The number of amides is 7. The largest absolute Gasteiger partial charge is 0.495 e. The highest BCUT2D eigenvalue weighted by atomic mass is 35.5. The smallest absolute Gasteiger partial charge is 0.410 e. The number of anilines is 1. The molecule has 7 amide bonds. The average molecular weight is 1180 g/mol. The number of cyclic esters (lactones) is 1. The molecule has 2 N–H and O–H groups in total. The van der Waals surface area contributed by atoms with E-state index in [1.165, 1.54) is 61.9 Å². The highest BCUT2D eigenvalue weighted by Gasteiger charge is 2.49. The highest BCUT2D eigenvalue weighted by Crippen LogP contribution is 2.37. The quantitative estimate of drug-likeness (QED) is 0.0287. The summed E-state index contributed by atoms with van der Waals surface area (Å²) in [5.41, 5.74) is 0.265. The number of alkyl carbamates (subject to hydrolysis) is 1. The van der Waals surface area contributed by atoms with Crippen molar-refractivity contribution in [3.63, 3.8) is 0 Å². The second-order valence-corrected chi connectivity index (χ2v) is 21.2. The Hall–Kier alpha value is -6.80. The number of methoxy groups -OCH3 is 2. The summed E-state index contributed by atoms with van der Waals surface area (Å²) < 4.78 is 44.3. The highest BCUT2D eigenvalue weighted by molar-refractivity contribution is 6.35. The van der Waals surface area contributed by atoms with Gasteiger partial charge in [-0.25, -0.2) is 24.0 Å². The zero-order valence-electron chi connectivity index (χ0n) is 48.4. The molecule has 454 valence electrons. The molecule has 0 spiro atoms. The third kappa shape index (κ3) is 19.1. The zero-order chi connectivity index (χ0) is 60.4. The molecule has 3 fully saturated rings. The Labute approximate surface area is 482 Å². The van der Waals surface area contributed by atoms with Gasteiger partial charge in [-0.1, -0.05) is 55.3 Å². The molecule has 0 radical (unpaired) electrons. The predicted molar refractivity (Wildman–Crippen MR) is 294 cm³/mol. The van der Waals surface area contributed by atoms with Crippen LogP contribution in [0.25, 0.3) is 0 Å². The molecule has 3 heterocycles. The number of nitrogens with one attached hydrogen (secondary N) is 1. The van der Waals surface area contributed by atoms with Crippen LogP contribution in [0.15, 0.2) is 48.1 Å². The van der Waals surface area contributed by atoms with Gasteiger partial charge in [-0.15, -0.1) is 5.06 Å². The lowest BCUT2D eigenvalue weighted by Crippen LogP contribution is -2.63. The van der Waals surface area contributed by atoms with E-state index in [0.717, 1.165) is 11.1 Å². The first-order valence-corrected chi connectivity index (χ1v) is 27.7. The normalized spacial score (nSPS) is 22.7. The van der Waals surface area contributed by atoms with Crippen LogP contribution < -0.4 is 15.0 Å².